The van der Waals surface area contributed by atoms with Crippen LogP contribution in [0, 0.1) is 5.92 Å². The van der Waals surface area contributed by atoms with Gasteiger partial charge in [-0.2, -0.15) is 0 Å². The van der Waals surface area contributed by atoms with Gasteiger partial charge in [-0.25, -0.2) is 0 Å². The number of rotatable bonds is 2. The van der Waals surface area contributed by atoms with Crippen LogP contribution in [-0.4, -0.2) is 29.4 Å². The van der Waals surface area contributed by atoms with Gasteiger partial charge in [0.15, 0.2) is 0 Å². The van der Waals surface area contributed by atoms with Gasteiger partial charge in [-0.3, -0.25) is 4.79 Å². The van der Waals surface area contributed by atoms with Crippen molar-refractivity contribution in [1.29, 1.82) is 0 Å². The zero-order chi connectivity index (χ0) is 15.7. The zero-order valence-electron chi connectivity index (χ0n) is 13.6. The Morgan fingerprint density at radius 3 is 2.61 bits per heavy atom. The Balaban J connectivity index is 0.00000192. The molecule has 1 saturated heterocycles. The van der Waals surface area contributed by atoms with E-state index in [2.05, 4.69) is 12.1 Å². The lowest BCUT2D eigenvalue weighted by Crippen LogP contribution is -2.53. The lowest BCUT2D eigenvalue weighted by Gasteiger charge is -2.39. The van der Waals surface area contributed by atoms with Crippen molar-refractivity contribution in [2.75, 3.05) is 13.1 Å². The number of halogens is 2. The molecular weight excluding hydrogens is 331 g/mol. The topological polar surface area (TPSA) is 46.3 Å². The van der Waals surface area contributed by atoms with Gasteiger partial charge in [0.25, 0.3) is 0 Å². The van der Waals surface area contributed by atoms with Crippen molar-refractivity contribution in [3.8, 4) is 0 Å². The molecule has 3 nitrogen and oxygen atoms in total. The van der Waals surface area contributed by atoms with Crippen molar-refractivity contribution >= 4 is 29.9 Å². The summed E-state index contributed by atoms with van der Waals surface area (Å²) < 4.78 is 0. The number of amides is 1. The van der Waals surface area contributed by atoms with E-state index < -0.39 is 0 Å². The first-order chi connectivity index (χ1) is 10.5. The Morgan fingerprint density at radius 1 is 1.26 bits per heavy atom. The maximum Gasteiger partial charge on any atom is 0.227 e. The van der Waals surface area contributed by atoms with Gasteiger partial charge >= 0.3 is 0 Å². The average Bonchev–Trinajstić information content (AvgIpc) is 2.97. The lowest BCUT2D eigenvalue weighted by atomic mass is 9.74. The van der Waals surface area contributed by atoms with Gasteiger partial charge in [-0.1, -0.05) is 36.6 Å². The third-order valence-corrected chi connectivity index (χ3v) is 5.65. The predicted octanol–water partition coefficient (Wildman–Crippen LogP) is 3.99. The first-order valence-corrected chi connectivity index (χ1v) is 8.68. The minimum atomic E-state index is -0.340. The monoisotopic (exact) mass is 356 g/mol. The zero-order valence-corrected chi connectivity index (χ0v) is 15.2. The second-order valence-electron chi connectivity index (χ2n) is 7.13. The lowest BCUT2D eigenvalue weighted by molar-refractivity contribution is -0.137. The van der Waals surface area contributed by atoms with Crippen molar-refractivity contribution in [1.82, 2.24) is 4.90 Å². The SMILES string of the molecule is CC1(N)CCCCC1C(=O)N1CCC(c2ccc(Cl)cc2)C1.Cl. The molecule has 1 heterocycles. The molecule has 2 aliphatic rings. The molecule has 5 heteroatoms. The van der Waals surface area contributed by atoms with Gasteiger partial charge in [0.2, 0.25) is 5.91 Å². The quantitative estimate of drug-likeness (QED) is 0.870. The molecule has 1 saturated carbocycles. The highest BCUT2D eigenvalue weighted by atomic mass is 35.5. The molecule has 1 aromatic carbocycles. The van der Waals surface area contributed by atoms with Gasteiger partial charge in [-0.15, -0.1) is 12.4 Å². The molecule has 0 aromatic heterocycles. The van der Waals surface area contributed by atoms with Crippen LogP contribution in [-0.2, 0) is 4.79 Å². The third kappa shape index (κ3) is 4.01. The van der Waals surface area contributed by atoms with Crippen LogP contribution in [0.15, 0.2) is 24.3 Å². The number of hydrogen-bond donors (Lipinski definition) is 1. The van der Waals surface area contributed by atoms with Crippen molar-refractivity contribution < 1.29 is 4.79 Å². The van der Waals surface area contributed by atoms with Gasteiger partial charge in [0.05, 0.1) is 5.92 Å². The molecule has 0 bridgehead atoms. The van der Waals surface area contributed by atoms with Crippen LogP contribution in [0.5, 0.6) is 0 Å². The molecular formula is C18H26Cl2N2O. The normalized spacial score (nSPS) is 30.8. The first-order valence-electron chi connectivity index (χ1n) is 8.30. The number of carbonyl (C=O) groups excluding carboxylic acids is 1. The van der Waals surface area contributed by atoms with E-state index in [9.17, 15) is 4.79 Å². The van der Waals surface area contributed by atoms with Crippen LogP contribution < -0.4 is 5.73 Å². The van der Waals surface area contributed by atoms with E-state index in [1.807, 2.05) is 24.0 Å². The summed E-state index contributed by atoms with van der Waals surface area (Å²) in [7, 11) is 0. The molecule has 23 heavy (non-hydrogen) atoms. The van der Waals surface area contributed by atoms with E-state index in [1.54, 1.807) is 0 Å². The van der Waals surface area contributed by atoms with Gasteiger partial charge < -0.3 is 10.6 Å². The summed E-state index contributed by atoms with van der Waals surface area (Å²) in [6.07, 6.45) is 5.19. The summed E-state index contributed by atoms with van der Waals surface area (Å²) >= 11 is 5.95. The standard InChI is InChI=1S/C18H25ClN2O.ClH/c1-18(20)10-3-2-4-16(18)17(22)21-11-9-14(12-21)13-5-7-15(19)8-6-13;/h5-8,14,16H,2-4,9-12,20H2,1H3;1H. The Hall–Kier alpha value is -0.770. The fraction of sp³-hybridized carbons (Fsp3) is 0.611. The van der Waals surface area contributed by atoms with Gasteiger partial charge in [-0.05, 0) is 43.9 Å². The fourth-order valence-electron chi connectivity index (χ4n) is 3.95. The van der Waals surface area contributed by atoms with E-state index in [0.29, 0.717) is 5.92 Å². The molecule has 1 aromatic rings. The van der Waals surface area contributed by atoms with E-state index in [1.165, 1.54) is 5.56 Å². The Morgan fingerprint density at radius 2 is 1.96 bits per heavy atom. The fourth-order valence-corrected chi connectivity index (χ4v) is 4.08. The molecule has 1 aliphatic heterocycles. The Bertz CT molecular complexity index is 544. The first kappa shape index (κ1) is 18.6. The molecule has 1 aliphatic carbocycles. The average molecular weight is 357 g/mol. The summed E-state index contributed by atoms with van der Waals surface area (Å²) in [6, 6.07) is 8.02. The molecule has 1 amide bonds. The molecule has 3 atom stereocenters. The van der Waals surface area contributed by atoms with Gasteiger partial charge in [0.1, 0.15) is 0 Å². The van der Waals surface area contributed by atoms with E-state index in [0.717, 1.165) is 50.2 Å². The van der Waals surface area contributed by atoms with Crippen molar-refractivity contribution in [3.63, 3.8) is 0 Å². The molecule has 128 valence electrons. The minimum absolute atomic E-state index is 0. The summed E-state index contributed by atoms with van der Waals surface area (Å²) in [5, 5.41) is 0.760. The van der Waals surface area contributed by atoms with E-state index in [4.69, 9.17) is 17.3 Å². The van der Waals surface area contributed by atoms with E-state index >= 15 is 0 Å². The molecule has 0 radical (unpaired) electrons. The highest BCUT2D eigenvalue weighted by Crippen LogP contribution is 2.35. The van der Waals surface area contributed by atoms with Crippen LogP contribution in [0.25, 0.3) is 0 Å². The van der Waals surface area contributed by atoms with Crippen LogP contribution in [0.1, 0.15) is 50.5 Å². The predicted molar refractivity (Wildman–Crippen MR) is 97.2 cm³/mol. The minimum Gasteiger partial charge on any atom is -0.342 e. The molecule has 2 fully saturated rings. The Kier molecular flexibility index (Phi) is 5.99. The molecule has 3 unspecified atom stereocenters. The van der Waals surface area contributed by atoms with Crippen molar-refractivity contribution in [3.05, 3.63) is 34.9 Å². The van der Waals surface area contributed by atoms with Crippen molar-refractivity contribution in [2.24, 2.45) is 11.7 Å². The summed E-state index contributed by atoms with van der Waals surface area (Å²) in [5.41, 5.74) is 7.33. The maximum absolute atomic E-state index is 12.9. The summed E-state index contributed by atoms with van der Waals surface area (Å²) in [4.78, 5) is 14.9. The smallest absolute Gasteiger partial charge is 0.227 e. The number of nitrogens with zero attached hydrogens (tertiary/aromatic N) is 1. The number of nitrogens with two attached hydrogens (primary N) is 1. The molecule has 2 N–H and O–H groups in total. The van der Waals surface area contributed by atoms with Crippen LogP contribution in [0.4, 0.5) is 0 Å². The third-order valence-electron chi connectivity index (χ3n) is 5.39. The highest BCUT2D eigenvalue weighted by Gasteiger charge is 2.41. The van der Waals surface area contributed by atoms with Gasteiger partial charge in [0, 0.05) is 29.6 Å². The van der Waals surface area contributed by atoms with Crippen LogP contribution >= 0.6 is 24.0 Å². The summed E-state index contributed by atoms with van der Waals surface area (Å²) in [5.74, 6) is 0.681. The second-order valence-corrected chi connectivity index (χ2v) is 7.56. The number of likely N-dealkylation sites (tertiary alicyclic amines) is 1. The largest absolute Gasteiger partial charge is 0.342 e. The van der Waals surface area contributed by atoms with Crippen molar-refractivity contribution in [2.45, 2.75) is 50.5 Å². The maximum atomic E-state index is 12.9. The van der Waals surface area contributed by atoms with E-state index in [-0.39, 0.29) is 29.8 Å². The Labute approximate surface area is 150 Å². The number of benzene rings is 1. The molecule has 0 spiro atoms. The second kappa shape index (κ2) is 7.42. The molecule has 3 rings (SSSR count). The van der Waals surface area contributed by atoms with Crippen LogP contribution in [0.3, 0.4) is 0 Å². The number of carbonyl (C=O) groups is 1. The summed E-state index contributed by atoms with van der Waals surface area (Å²) in [6.45, 7) is 3.70. The highest BCUT2D eigenvalue weighted by molar-refractivity contribution is 6.30. The van der Waals surface area contributed by atoms with Crippen LogP contribution in [0.2, 0.25) is 5.02 Å². The number of hydrogen-bond acceptors (Lipinski definition) is 2.